The molecule has 0 aliphatic heterocycles. The van der Waals surface area contributed by atoms with Crippen LogP contribution in [0.3, 0.4) is 0 Å². The molecule has 0 heterocycles. The highest BCUT2D eigenvalue weighted by Crippen LogP contribution is 2.25. The maximum atomic E-state index is 10.8. The Morgan fingerprint density at radius 2 is 1.65 bits per heavy atom. The van der Waals surface area contributed by atoms with Gasteiger partial charge in [0.1, 0.15) is 5.69 Å². The normalized spacial score (nSPS) is 10.6. The van der Waals surface area contributed by atoms with Crippen molar-refractivity contribution in [3.05, 3.63) is 70.3 Å². The van der Waals surface area contributed by atoms with Gasteiger partial charge in [0, 0.05) is 12.3 Å². The summed E-state index contributed by atoms with van der Waals surface area (Å²) in [6.07, 6.45) is 1.61. The lowest BCUT2D eigenvalue weighted by atomic mass is 10.2. The maximum absolute atomic E-state index is 10.8. The van der Waals surface area contributed by atoms with Gasteiger partial charge in [-0.2, -0.15) is 0 Å². The Labute approximate surface area is 98.4 Å². The fourth-order valence-electron chi connectivity index (χ4n) is 1.41. The van der Waals surface area contributed by atoms with E-state index in [2.05, 4.69) is 4.99 Å². The van der Waals surface area contributed by atoms with Gasteiger partial charge in [-0.1, -0.05) is 42.5 Å². The summed E-state index contributed by atoms with van der Waals surface area (Å²) in [6.45, 7) is 0. The third-order valence-corrected chi connectivity index (χ3v) is 2.23. The predicted molar refractivity (Wildman–Crippen MR) is 66.8 cm³/mol. The quantitative estimate of drug-likeness (QED) is 0.458. The first-order valence-electron chi connectivity index (χ1n) is 5.10. The highest BCUT2D eigenvalue weighted by atomic mass is 16.6. The third-order valence-electron chi connectivity index (χ3n) is 2.23. The number of benzene rings is 2. The van der Waals surface area contributed by atoms with Crippen molar-refractivity contribution < 1.29 is 4.92 Å². The molecule has 0 spiro atoms. The highest BCUT2D eigenvalue weighted by molar-refractivity contribution is 5.83. The molecule has 0 aliphatic carbocycles. The van der Waals surface area contributed by atoms with E-state index < -0.39 is 4.92 Å². The molecule has 0 radical (unpaired) electrons. The molecule has 0 amide bonds. The Morgan fingerprint density at radius 1 is 1.00 bits per heavy atom. The van der Waals surface area contributed by atoms with Gasteiger partial charge >= 0.3 is 0 Å². The van der Waals surface area contributed by atoms with Crippen LogP contribution in [0.15, 0.2) is 59.6 Å². The first kappa shape index (κ1) is 11.0. The van der Waals surface area contributed by atoms with Gasteiger partial charge in [-0.15, -0.1) is 0 Å². The second-order valence-corrected chi connectivity index (χ2v) is 3.41. The topological polar surface area (TPSA) is 55.5 Å². The van der Waals surface area contributed by atoms with Gasteiger partial charge in [-0.3, -0.25) is 10.1 Å². The van der Waals surface area contributed by atoms with Crippen molar-refractivity contribution in [2.24, 2.45) is 4.99 Å². The molecule has 2 rings (SSSR count). The highest BCUT2D eigenvalue weighted by Gasteiger charge is 2.10. The van der Waals surface area contributed by atoms with Crippen LogP contribution in [0.25, 0.3) is 0 Å². The van der Waals surface area contributed by atoms with E-state index in [4.69, 9.17) is 0 Å². The molecule has 17 heavy (non-hydrogen) atoms. The second kappa shape index (κ2) is 5.03. The van der Waals surface area contributed by atoms with Crippen LogP contribution < -0.4 is 0 Å². The van der Waals surface area contributed by atoms with Crippen LogP contribution >= 0.6 is 0 Å². The van der Waals surface area contributed by atoms with Gasteiger partial charge in [-0.05, 0) is 11.6 Å². The Kier molecular flexibility index (Phi) is 3.25. The van der Waals surface area contributed by atoms with Crippen molar-refractivity contribution in [1.29, 1.82) is 0 Å². The second-order valence-electron chi connectivity index (χ2n) is 3.41. The van der Waals surface area contributed by atoms with Crippen LogP contribution in [0.1, 0.15) is 5.56 Å². The van der Waals surface area contributed by atoms with Crippen molar-refractivity contribution in [3.8, 4) is 0 Å². The van der Waals surface area contributed by atoms with Crippen LogP contribution in [-0.4, -0.2) is 11.1 Å². The maximum Gasteiger partial charge on any atom is 0.294 e. The molecule has 0 saturated carbocycles. The lowest BCUT2D eigenvalue weighted by Crippen LogP contribution is -1.88. The summed E-state index contributed by atoms with van der Waals surface area (Å²) in [4.78, 5) is 14.5. The van der Waals surface area contributed by atoms with E-state index in [1.54, 1.807) is 24.4 Å². The van der Waals surface area contributed by atoms with E-state index >= 15 is 0 Å². The smallest absolute Gasteiger partial charge is 0.258 e. The van der Waals surface area contributed by atoms with Crippen molar-refractivity contribution in [3.63, 3.8) is 0 Å². The first-order chi connectivity index (χ1) is 8.27. The van der Waals surface area contributed by atoms with Crippen LogP contribution in [0.4, 0.5) is 11.4 Å². The minimum Gasteiger partial charge on any atom is -0.258 e. The molecule has 0 bridgehead atoms. The van der Waals surface area contributed by atoms with E-state index in [1.807, 2.05) is 30.3 Å². The van der Waals surface area contributed by atoms with E-state index in [1.165, 1.54) is 6.07 Å². The van der Waals surface area contributed by atoms with E-state index in [0.717, 1.165) is 5.56 Å². The van der Waals surface area contributed by atoms with Gasteiger partial charge in [0.25, 0.3) is 5.69 Å². The molecule has 4 heteroatoms. The third kappa shape index (κ3) is 2.75. The first-order valence-corrected chi connectivity index (χ1v) is 5.10. The fourth-order valence-corrected chi connectivity index (χ4v) is 1.41. The van der Waals surface area contributed by atoms with Crippen LogP contribution in [0.5, 0.6) is 0 Å². The van der Waals surface area contributed by atoms with Crippen LogP contribution in [0, 0.1) is 10.1 Å². The SMILES string of the molecule is O=[N+]([O-])c1ccccc1N=Cc1ccccc1. The lowest BCUT2D eigenvalue weighted by molar-refractivity contribution is -0.384. The van der Waals surface area contributed by atoms with Gasteiger partial charge in [-0.25, -0.2) is 4.99 Å². The molecule has 2 aromatic rings. The Hall–Kier alpha value is -2.49. The summed E-state index contributed by atoms with van der Waals surface area (Å²) in [5, 5.41) is 10.8. The van der Waals surface area contributed by atoms with E-state index in [9.17, 15) is 10.1 Å². The Morgan fingerprint density at radius 3 is 2.35 bits per heavy atom. The molecular weight excluding hydrogens is 216 g/mol. The lowest BCUT2D eigenvalue weighted by Gasteiger charge is -1.96. The van der Waals surface area contributed by atoms with Crippen LogP contribution in [-0.2, 0) is 0 Å². The predicted octanol–water partition coefficient (Wildman–Crippen LogP) is 3.35. The van der Waals surface area contributed by atoms with Crippen LogP contribution in [0.2, 0.25) is 0 Å². The number of para-hydroxylation sites is 2. The minimum atomic E-state index is -0.433. The average molecular weight is 226 g/mol. The van der Waals surface area contributed by atoms with E-state index in [0.29, 0.717) is 5.69 Å². The van der Waals surface area contributed by atoms with E-state index in [-0.39, 0.29) is 5.69 Å². The van der Waals surface area contributed by atoms with Gasteiger partial charge in [0.2, 0.25) is 0 Å². The molecule has 0 aliphatic rings. The summed E-state index contributed by atoms with van der Waals surface area (Å²) < 4.78 is 0. The zero-order chi connectivity index (χ0) is 12.1. The van der Waals surface area contributed by atoms with Gasteiger partial charge in [0.05, 0.1) is 4.92 Å². The summed E-state index contributed by atoms with van der Waals surface area (Å²) >= 11 is 0. The number of hydrogen-bond donors (Lipinski definition) is 0. The molecular formula is C13H10N2O2. The monoisotopic (exact) mass is 226 g/mol. The largest absolute Gasteiger partial charge is 0.294 e. The molecule has 2 aromatic carbocycles. The van der Waals surface area contributed by atoms with Crippen molar-refractivity contribution in [2.75, 3.05) is 0 Å². The summed E-state index contributed by atoms with van der Waals surface area (Å²) in [5.74, 6) is 0. The van der Waals surface area contributed by atoms with Gasteiger partial charge in [0.15, 0.2) is 0 Å². The number of nitrogens with zero attached hydrogens (tertiary/aromatic N) is 2. The summed E-state index contributed by atoms with van der Waals surface area (Å²) in [5.41, 5.74) is 1.28. The minimum absolute atomic E-state index is 0.0136. The molecule has 0 unspecified atom stereocenters. The zero-order valence-corrected chi connectivity index (χ0v) is 8.98. The zero-order valence-electron chi connectivity index (χ0n) is 8.98. The number of nitro groups is 1. The fraction of sp³-hybridized carbons (Fsp3) is 0. The summed E-state index contributed by atoms with van der Waals surface area (Å²) in [7, 11) is 0. The number of aliphatic imine (C=N–C) groups is 1. The molecule has 84 valence electrons. The van der Waals surface area contributed by atoms with Crippen molar-refractivity contribution in [1.82, 2.24) is 0 Å². The molecule has 0 N–H and O–H groups in total. The standard InChI is InChI=1S/C13H10N2O2/c16-15(17)13-9-5-4-8-12(13)14-10-11-6-2-1-3-7-11/h1-10H. The molecule has 4 nitrogen and oxygen atoms in total. The van der Waals surface area contributed by atoms with Crippen molar-refractivity contribution in [2.45, 2.75) is 0 Å². The average Bonchev–Trinajstić information content (AvgIpc) is 2.38. The molecule has 0 aromatic heterocycles. The number of hydrogen-bond acceptors (Lipinski definition) is 3. The Balaban J connectivity index is 2.30. The molecule has 0 saturated heterocycles. The van der Waals surface area contributed by atoms with Crippen molar-refractivity contribution >= 4 is 17.6 Å². The molecule has 0 atom stereocenters. The Bertz CT molecular complexity index is 550. The van der Waals surface area contributed by atoms with Gasteiger partial charge < -0.3 is 0 Å². The number of nitro benzene ring substituents is 1. The molecule has 0 fully saturated rings. The summed E-state index contributed by atoms with van der Waals surface area (Å²) in [6, 6.07) is 15.9. The number of rotatable bonds is 3.